The van der Waals surface area contributed by atoms with Crippen molar-refractivity contribution in [1.82, 2.24) is 4.90 Å². The molecule has 0 N–H and O–H groups in total. The molecule has 0 aromatic carbocycles. The molecule has 1 aliphatic rings. The molecule has 1 heteroatoms. The molecule has 1 fully saturated rings. The highest BCUT2D eigenvalue weighted by molar-refractivity contribution is 5.00. The van der Waals surface area contributed by atoms with Crippen LogP contribution in [0.3, 0.4) is 0 Å². The lowest BCUT2D eigenvalue weighted by molar-refractivity contribution is 0.287. The number of hydrogen-bond acceptors (Lipinski definition) is 1. The fourth-order valence-corrected chi connectivity index (χ4v) is 2.32. The van der Waals surface area contributed by atoms with Crippen LogP contribution in [-0.2, 0) is 0 Å². The van der Waals surface area contributed by atoms with E-state index >= 15 is 0 Å². The maximum absolute atomic E-state index is 4.25. The summed E-state index contributed by atoms with van der Waals surface area (Å²) < 4.78 is 0. The minimum absolute atomic E-state index is 0.786. The lowest BCUT2D eigenvalue weighted by Gasteiger charge is -2.32. The van der Waals surface area contributed by atoms with Crippen LogP contribution < -0.4 is 0 Å². The summed E-state index contributed by atoms with van der Waals surface area (Å²) in [5, 5.41) is 0. The van der Waals surface area contributed by atoms with Crippen molar-refractivity contribution in [3.05, 3.63) is 12.3 Å². The van der Waals surface area contributed by atoms with E-state index in [9.17, 15) is 0 Å². The van der Waals surface area contributed by atoms with E-state index in [0.29, 0.717) is 0 Å². The minimum atomic E-state index is 0.786. The standard InChI is InChI=1S/C12H23N/c1-4-13(5-2)11(3)12-9-7-6-8-10-12/h12H,3-10H2,1-2H3. The van der Waals surface area contributed by atoms with Crippen molar-refractivity contribution in [2.24, 2.45) is 5.92 Å². The molecule has 0 heterocycles. The van der Waals surface area contributed by atoms with Gasteiger partial charge in [-0.25, -0.2) is 0 Å². The summed E-state index contributed by atoms with van der Waals surface area (Å²) in [6.45, 7) is 10.9. The van der Waals surface area contributed by atoms with Gasteiger partial charge in [0, 0.05) is 18.8 Å². The van der Waals surface area contributed by atoms with Gasteiger partial charge in [0.2, 0.25) is 0 Å². The molecule has 0 radical (unpaired) electrons. The Hall–Kier alpha value is -0.460. The van der Waals surface area contributed by atoms with E-state index in [1.165, 1.54) is 37.8 Å². The highest BCUT2D eigenvalue weighted by Crippen LogP contribution is 2.30. The van der Waals surface area contributed by atoms with E-state index in [2.05, 4.69) is 25.3 Å². The topological polar surface area (TPSA) is 3.24 Å². The van der Waals surface area contributed by atoms with Gasteiger partial charge in [-0.3, -0.25) is 0 Å². The first-order chi connectivity index (χ1) is 6.29. The molecule has 0 spiro atoms. The van der Waals surface area contributed by atoms with Crippen LogP contribution in [-0.4, -0.2) is 18.0 Å². The van der Waals surface area contributed by atoms with Crippen LogP contribution in [0.25, 0.3) is 0 Å². The van der Waals surface area contributed by atoms with E-state index in [4.69, 9.17) is 0 Å². The van der Waals surface area contributed by atoms with Crippen LogP contribution in [0.2, 0.25) is 0 Å². The Morgan fingerprint density at radius 3 is 2.15 bits per heavy atom. The second-order valence-corrected chi connectivity index (χ2v) is 4.00. The van der Waals surface area contributed by atoms with Crippen LogP contribution >= 0.6 is 0 Å². The van der Waals surface area contributed by atoms with E-state index < -0.39 is 0 Å². The summed E-state index contributed by atoms with van der Waals surface area (Å²) in [4.78, 5) is 2.41. The first-order valence-electron chi connectivity index (χ1n) is 5.73. The molecule has 0 aliphatic heterocycles. The Kier molecular flexibility index (Phi) is 4.34. The van der Waals surface area contributed by atoms with Gasteiger partial charge in [0.05, 0.1) is 0 Å². The largest absolute Gasteiger partial charge is 0.376 e. The normalized spacial score (nSPS) is 18.6. The van der Waals surface area contributed by atoms with Gasteiger partial charge >= 0.3 is 0 Å². The average molecular weight is 181 g/mol. The summed E-state index contributed by atoms with van der Waals surface area (Å²) in [6, 6.07) is 0. The first kappa shape index (κ1) is 10.6. The van der Waals surface area contributed by atoms with Crippen molar-refractivity contribution in [2.45, 2.75) is 46.0 Å². The molecule has 1 nitrogen and oxygen atoms in total. The number of rotatable bonds is 4. The van der Waals surface area contributed by atoms with Gasteiger partial charge < -0.3 is 4.90 Å². The molecule has 0 atom stereocenters. The maximum atomic E-state index is 4.25. The van der Waals surface area contributed by atoms with Gasteiger partial charge in [-0.1, -0.05) is 25.8 Å². The lowest BCUT2D eigenvalue weighted by atomic mass is 9.87. The van der Waals surface area contributed by atoms with Crippen molar-refractivity contribution in [3.63, 3.8) is 0 Å². The molecule has 1 aliphatic carbocycles. The molecule has 0 aromatic heterocycles. The van der Waals surface area contributed by atoms with E-state index in [0.717, 1.165) is 19.0 Å². The van der Waals surface area contributed by atoms with Crippen molar-refractivity contribution in [1.29, 1.82) is 0 Å². The molecular formula is C12H23N. The molecule has 76 valence electrons. The molecular weight excluding hydrogens is 158 g/mol. The van der Waals surface area contributed by atoms with Crippen LogP contribution in [0.5, 0.6) is 0 Å². The number of hydrogen-bond donors (Lipinski definition) is 0. The van der Waals surface area contributed by atoms with Crippen molar-refractivity contribution in [2.75, 3.05) is 13.1 Å². The number of allylic oxidation sites excluding steroid dienone is 1. The van der Waals surface area contributed by atoms with Gasteiger partial charge in [-0.05, 0) is 32.6 Å². The Morgan fingerprint density at radius 1 is 1.15 bits per heavy atom. The molecule has 13 heavy (non-hydrogen) atoms. The summed E-state index contributed by atoms with van der Waals surface area (Å²) in [6.07, 6.45) is 6.99. The van der Waals surface area contributed by atoms with Crippen LogP contribution in [0, 0.1) is 5.92 Å². The maximum Gasteiger partial charge on any atom is 0.0146 e. The van der Waals surface area contributed by atoms with Gasteiger partial charge in [0.15, 0.2) is 0 Å². The average Bonchev–Trinajstić information content (AvgIpc) is 2.21. The summed E-state index contributed by atoms with van der Waals surface area (Å²) in [7, 11) is 0. The molecule has 0 aromatic rings. The van der Waals surface area contributed by atoms with Gasteiger partial charge in [0.25, 0.3) is 0 Å². The number of nitrogens with zero attached hydrogens (tertiary/aromatic N) is 1. The fourth-order valence-electron chi connectivity index (χ4n) is 2.32. The predicted molar refractivity (Wildman–Crippen MR) is 58.6 cm³/mol. The zero-order valence-electron chi connectivity index (χ0n) is 9.18. The molecule has 0 saturated heterocycles. The zero-order valence-corrected chi connectivity index (χ0v) is 9.18. The highest BCUT2D eigenvalue weighted by atomic mass is 15.1. The second-order valence-electron chi connectivity index (χ2n) is 4.00. The SMILES string of the molecule is C=C(C1CCCCC1)N(CC)CC. The zero-order chi connectivity index (χ0) is 9.68. The van der Waals surface area contributed by atoms with Gasteiger partial charge in [-0.15, -0.1) is 0 Å². The van der Waals surface area contributed by atoms with Gasteiger partial charge in [-0.2, -0.15) is 0 Å². The Morgan fingerprint density at radius 2 is 1.69 bits per heavy atom. The quantitative estimate of drug-likeness (QED) is 0.642. The Bertz CT molecular complexity index is 153. The predicted octanol–water partition coefficient (Wildman–Crippen LogP) is 3.42. The lowest BCUT2D eigenvalue weighted by Crippen LogP contribution is -2.27. The van der Waals surface area contributed by atoms with Crippen molar-refractivity contribution < 1.29 is 0 Å². The molecule has 0 bridgehead atoms. The third kappa shape index (κ3) is 2.75. The van der Waals surface area contributed by atoms with Crippen LogP contribution in [0.1, 0.15) is 46.0 Å². The summed E-state index contributed by atoms with van der Waals surface area (Å²) >= 11 is 0. The second kappa shape index (κ2) is 5.31. The fraction of sp³-hybridized carbons (Fsp3) is 0.833. The molecule has 0 unspecified atom stereocenters. The Labute approximate surface area is 82.8 Å². The van der Waals surface area contributed by atoms with Crippen molar-refractivity contribution >= 4 is 0 Å². The summed E-state index contributed by atoms with van der Waals surface area (Å²) in [5.74, 6) is 0.786. The molecule has 0 amide bonds. The first-order valence-corrected chi connectivity index (χ1v) is 5.73. The Balaban J connectivity index is 2.44. The van der Waals surface area contributed by atoms with Crippen LogP contribution in [0.4, 0.5) is 0 Å². The minimum Gasteiger partial charge on any atom is -0.376 e. The highest BCUT2D eigenvalue weighted by Gasteiger charge is 2.18. The van der Waals surface area contributed by atoms with E-state index in [1.807, 2.05) is 0 Å². The van der Waals surface area contributed by atoms with E-state index in [-0.39, 0.29) is 0 Å². The van der Waals surface area contributed by atoms with E-state index in [1.54, 1.807) is 0 Å². The van der Waals surface area contributed by atoms with Gasteiger partial charge in [0.1, 0.15) is 0 Å². The third-order valence-corrected chi connectivity index (χ3v) is 3.25. The third-order valence-electron chi connectivity index (χ3n) is 3.25. The van der Waals surface area contributed by atoms with Crippen LogP contribution in [0.15, 0.2) is 12.3 Å². The summed E-state index contributed by atoms with van der Waals surface area (Å²) in [5.41, 5.74) is 1.39. The molecule has 1 saturated carbocycles. The smallest absolute Gasteiger partial charge is 0.0146 e. The molecule has 1 rings (SSSR count). The monoisotopic (exact) mass is 181 g/mol. The van der Waals surface area contributed by atoms with Crippen molar-refractivity contribution in [3.8, 4) is 0 Å².